The van der Waals surface area contributed by atoms with Gasteiger partial charge in [-0.25, -0.2) is 9.98 Å². The van der Waals surface area contributed by atoms with Crippen LogP contribution in [0.3, 0.4) is 0 Å². The zero-order chi connectivity index (χ0) is 17.5. The van der Waals surface area contributed by atoms with Crippen LogP contribution in [0, 0.1) is 6.92 Å². The quantitative estimate of drug-likeness (QED) is 0.333. The van der Waals surface area contributed by atoms with Crippen molar-refractivity contribution in [2.24, 2.45) is 4.99 Å². The summed E-state index contributed by atoms with van der Waals surface area (Å²) in [7, 11) is 0. The van der Waals surface area contributed by atoms with Gasteiger partial charge in [-0.3, -0.25) is 0 Å². The molecule has 138 valence electrons. The molecule has 5 nitrogen and oxygen atoms in total. The van der Waals surface area contributed by atoms with Crippen LogP contribution < -0.4 is 10.6 Å². The molecule has 0 spiro atoms. The van der Waals surface area contributed by atoms with Gasteiger partial charge in [-0.15, -0.1) is 24.0 Å². The Labute approximate surface area is 172 Å². The Bertz CT molecular complexity index is 842. The van der Waals surface area contributed by atoms with Gasteiger partial charge in [0.1, 0.15) is 5.82 Å². The molecule has 26 heavy (non-hydrogen) atoms. The second-order valence-electron chi connectivity index (χ2n) is 5.91. The SMILES string of the molecule is CCNC(=NCc1ccccc1)NCCn1c(C)nc2ccccc21.I. The molecule has 6 heteroatoms. The zero-order valence-electron chi connectivity index (χ0n) is 15.3. The lowest BCUT2D eigenvalue weighted by Crippen LogP contribution is -2.38. The van der Waals surface area contributed by atoms with Gasteiger partial charge in [-0.2, -0.15) is 0 Å². The molecule has 2 N–H and O–H groups in total. The van der Waals surface area contributed by atoms with Crippen molar-refractivity contribution >= 4 is 41.0 Å². The van der Waals surface area contributed by atoms with Gasteiger partial charge in [-0.1, -0.05) is 42.5 Å². The van der Waals surface area contributed by atoms with E-state index in [1.807, 2.05) is 24.3 Å². The first-order valence-corrected chi connectivity index (χ1v) is 8.76. The average Bonchev–Trinajstić information content (AvgIpc) is 2.96. The summed E-state index contributed by atoms with van der Waals surface area (Å²) in [5, 5.41) is 6.71. The van der Waals surface area contributed by atoms with E-state index in [0.29, 0.717) is 6.54 Å². The van der Waals surface area contributed by atoms with Crippen LogP contribution >= 0.6 is 24.0 Å². The highest BCUT2D eigenvalue weighted by molar-refractivity contribution is 14.0. The number of aromatic nitrogens is 2. The van der Waals surface area contributed by atoms with Crippen LogP contribution in [0.2, 0.25) is 0 Å². The fraction of sp³-hybridized carbons (Fsp3) is 0.300. The fourth-order valence-electron chi connectivity index (χ4n) is 2.86. The van der Waals surface area contributed by atoms with Crippen LogP contribution in [-0.4, -0.2) is 28.6 Å². The lowest BCUT2D eigenvalue weighted by Gasteiger charge is -2.13. The summed E-state index contributed by atoms with van der Waals surface area (Å²) in [6.45, 7) is 7.28. The third-order valence-electron chi connectivity index (χ3n) is 4.08. The molecule has 0 aliphatic carbocycles. The van der Waals surface area contributed by atoms with Crippen LogP contribution in [-0.2, 0) is 13.1 Å². The Kier molecular flexibility index (Phi) is 7.90. The number of rotatable bonds is 6. The maximum absolute atomic E-state index is 4.66. The molecule has 3 rings (SSSR count). The van der Waals surface area contributed by atoms with Crippen molar-refractivity contribution in [3.8, 4) is 0 Å². The van der Waals surface area contributed by atoms with E-state index in [4.69, 9.17) is 0 Å². The van der Waals surface area contributed by atoms with Crippen LogP contribution in [0.4, 0.5) is 0 Å². The molecule has 0 saturated heterocycles. The fourth-order valence-corrected chi connectivity index (χ4v) is 2.86. The minimum Gasteiger partial charge on any atom is -0.357 e. The zero-order valence-corrected chi connectivity index (χ0v) is 17.6. The van der Waals surface area contributed by atoms with Crippen LogP contribution in [0.1, 0.15) is 18.3 Å². The number of halogens is 1. The van der Waals surface area contributed by atoms with E-state index in [2.05, 4.69) is 69.4 Å². The van der Waals surface area contributed by atoms with Crippen molar-refractivity contribution in [2.75, 3.05) is 13.1 Å². The van der Waals surface area contributed by atoms with E-state index in [1.54, 1.807) is 0 Å². The van der Waals surface area contributed by atoms with Gasteiger partial charge >= 0.3 is 0 Å². The molecule has 0 radical (unpaired) electrons. The van der Waals surface area contributed by atoms with Crippen molar-refractivity contribution in [3.63, 3.8) is 0 Å². The summed E-state index contributed by atoms with van der Waals surface area (Å²) in [5.41, 5.74) is 3.42. The summed E-state index contributed by atoms with van der Waals surface area (Å²) < 4.78 is 2.24. The highest BCUT2D eigenvalue weighted by Gasteiger charge is 2.06. The first-order chi connectivity index (χ1) is 12.3. The number of guanidine groups is 1. The van der Waals surface area contributed by atoms with Gasteiger partial charge in [0.2, 0.25) is 0 Å². The largest absolute Gasteiger partial charge is 0.357 e. The second kappa shape index (κ2) is 10.2. The molecule has 0 unspecified atom stereocenters. The molecule has 1 heterocycles. The van der Waals surface area contributed by atoms with E-state index >= 15 is 0 Å². The summed E-state index contributed by atoms with van der Waals surface area (Å²) in [5.74, 6) is 1.88. The normalized spacial score (nSPS) is 11.2. The Hall–Kier alpha value is -2.09. The molecule has 0 saturated carbocycles. The standard InChI is InChI=1S/C20H25N5.HI/c1-3-21-20(23-15-17-9-5-4-6-10-17)22-13-14-25-16(2)24-18-11-7-8-12-19(18)25;/h4-12H,3,13-15H2,1-2H3,(H2,21,22,23);1H. The third kappa shape index (κ3) is 5.20. The molecule has 0 aliphatic rings. The van der Waals surface area contributed by atoms with Gasteiger partial charge in [0.05, 0.1) is 17.6 Å². The van der Waals surface area contributed by atoms with E-state index in [-0.39, 0.29) is 24.0 Å². The lowest BCUT2D eigenvalue weighted by molar-refractivity contribution is 0.660. The Morgan fingerprint density at radius 1 is 1.04 bits per heavy atom. The first kappa shape index (κ1) is 20.2. The minimum atomic E-state index is 0. The molecular formula is C20H26IN5. The molecule has 0 bridgehead atoms. The predicted molar refractivity (Wildman–Crippen MR) is 119 cm³/mol. The number of aliphatic imine (C=N–C) groups is 1. The Morgan fingerprint density at radius 2 is 1.77 bits per heavy atom. The number of imidazole rings is 1. The lowest BCUT2D eigenvalue weighted by atomic mass is 10.2. The Morgan fingerprint density at radius 3 is 2.54 bits per heavy atom. The highest BCUT2D eigenvalue weighted by Crippen LogP contribution is 2.14. The maximum Gasteiger partial charge on any atom is 0.191 e. The van der Waals surface area contributed by atoms with Gasteiger partial charge in [-0.05, 0) is 31.5 Å². The number of hydrogen-bond acceptors (Lipinski definition) is 2. The summed E-state index contributed by atoms with van der Waals surface area (Å²) in [6, 6.07) is 18.5. The predicted octanol–water partition coefficient (Wildman–Crippen LogP) is 3.72. The molecule has 0 amide bonds. The third-order valence-corrected chi connectivity index (χ3v) is 4.08. The van der Waals surface area contributed by atoms with Crippen LogP contribution in [0.15, 0.2) is 59.6 Å². The van der Waals surface area contributed by atoms with E-state index in [1.165, 1.54) is 11.1 Å². The maximum atomic E-state index is 4.66. The number of hydrogen-bond donors (Lipinski definition) is 2. The van der Waals surface area contributed by atoms with Gasteiger partial charge < -0.3 is 15.2 Å². The van der Waals surface area contributed by atoms with E-state index in [0.717, 1.165) is 36.9 Å². The van der Waals surface area contributed by atoms with Gasteiger partial charge in [0, 0.05) is 19.6 Å². The number of nitrogens with zero attached hydrogens (tertiary/aromatic N) is 3. The minimum absolute atomic E-state index is 0. The van der Waals surface area contributed by atoms with Crippen molar-refractivity contribution in [1.82, 2.24) is 20.2 Å². The van der Waals surface area contributed by atoms with Gasteiger partial charge in [0.15, 0.2) is 5.96 Å². The number of fused-ring (bicyclic) bond motifs is 1. The first-order valence-electron chi connectivity index (χ1n) is 8.76. The monoisotopic (exact) mass is 463 g/mol. The van der Waals surface area contributed by atoms with Crippen molar-refractivity contribution in [1.29, 1.82) is 0 Å². The van der Waals surface area contributed by atoms with Gasteiger partial charge in [0.25, 0.3) is 0 Å². The van der Waals surface area contributed by atoms with Crippen LogP contribution in [0.5, 0.6) is 0 Å². The Balaban J connectivity index is 0.00000243. The van der Waals surface area contributed by atoms with Crippen molar-refractivity contribution < 1.29 is 0 Å². The number of aryl methyl sites for hydroxylation is 1. The number of para-hydroxylation sites is 2. The second-order valence-corrected chi connectivity index (χ2v) is 5.91. The average molecular weight is 463 g/mol. The highest BCUT2D eigenvalue weighted by atomic mass is 127. The summed E-state index contributed by atoms with van der Waals surface area (Å²) in [6.07, 6.45) is 0. The van der Waals surface area contributed by atoms with Crippen molar-refractivity contribution in [2.45, 2.75) is 26.9 Å². The van der Waals surface area contributed by atoms with E-state index < -0.39 is 0 Å². The van der Waals surface area contributed by atoms with Crippen molar-refractivity contribution in [3.05, 3.63) is 66.0 Å². The molecule has 3 aromatic rings. The summed E-state index contributed by atoms with van der Waals surface area (Å²) >= 11 is 0. The molecule has 0 fully saturated rings. The molecular weight excluding hydrogens is 437 g/mol. The molecule has 0 atom stereocenters. The van der Waals surface area contributed by atoms with E-state index in [9.17, 15) is 0 Å². The topological polar surface area (TPSA) is 54.2 Å². The molecule has 2 aromatic carbocycles. The summed E-state index contributed by atoms with van der Waals surface area (Å²) in [4.78, 5) is 9.27. The number of benzene rings is 2. The molecule has 1 aromatic heterocycles. The van der Waals surface area contributed by atoms with Crippen LogP contribution in [0.25, 0.3) is 11.0 Å². The molecule has 0 aliphatic heterocycles. The smallest absolute Gasteiger partial charge is 0.191 e. The number of nitrogens with one attached hydrogen (secondary N) is 2.